The van der Waals surface area contributed by atoms with Crippen molar-refractivity contribution in [3.63, 3.8) is 0 Å². The summed E-state index contributed by atoms with van der Waals surface area (Å²) < 4.78 is 12.8. The van der Waals surface area contributed by atoms with Gasteiger partial charge in [0.2, 0.25) is 0 Å². The highest BCUT2D eigenvalue weighted by atomic mass is 32.1. The molecule has 2 rings (SSSR count). The molecule has 2 aromatic rings. The molecule has 0 bridgehead atoms. The standard InChI is InChI=1S/C12H14FN3S/c1-3-9(14)12-16-11(7(2)17-12)10-5-4-8(13)6-15-10/h4-6,9H,3,14H2,1-2H3. The molecule has 0 aromatic carbocycles. The fourth-order valence-corrected chi connectivity index (χ4v) is 2.52. The molecule has 1 atom stereocenters. The molecule has 0 radical (unpaired) electrons. The second kappa shape index (κ2) is 4.89. The summed E-state index contributed by atoms with van der Waals surface area (Å²) in [5.41, 5.74) is 7.44. The quantitative estimate of drug-likeness (QED) is 0.912. The minimum absolute atomic E-state index is 0.0344. The van der Waals surface area contributed by atoms with E-state index in [-0.39, 0.29) is 11.9 Å². The highest BCUT2D eigenvalue weighted by Crippen LogP contribution is 2.29. The van der Waals surface area contributed by atoms with Gasteiger partial charge in [-0.2, -0.15) is 0 Å². The van der Waals surface area contributed by atoms with Gasteiger partial charge in [0.15, 0.2) is 0 Å². The predicted molar refractivity (Wildman–Crippen MR) is 67.3 cm³/mol. The molecule has 0 aliphatic heterocycles. The Labute approximate surface area is 104 Å². The highest BCUT2D eigenvalue weighted by molar-refractivity contribution is 7.12. The Morgan fingerprint density at radius 1 is 1.47 bits per heavy atom. The van der Waals surface area contributed by atoms with Gasteiger partial charge in [-0.25, -0.2) is 9.37 Å². The van der Waals surface area contributed by atoms with Crippen LogP contribution in [0.5, 0.6) is 0 Å². The number of hydrogen-bond acceptors (Lipinski definition) is 4. The van der Waals surface area contributed by atoms with E-state index >= 15 is 0 Å². The van der Waals surface area contributed by atoms with E-state index in [2.05, 4.69) is 9.97 Å². The number of hydrogen-bond donors (Lipinski definition) is 1. The van der Waals surface area contributed by atoms with E-state index in [1.807, 2.05) is 13.8 Å². The van der Waals surface area contributed by atoms with Gasteiger partial charge in [-0.05, 0) is 25.5 Å². The molecular formula is C12H14FN3S. The summed E-state index contributed by atoms with van der Waals surface area (Å²) in [4.78, 5) is 9.58. The van der Waals surface area contributed by atoms with Crippen LogP contribution in [0.4, 0.5) is 4.39 Å². The topological polar surface area (TPSA) is 51.8 Å². The SMILES string of the molecule is CCC(N)c1nc(-c2ccc(F)cn2)c(C)s1. The van der Waals surface area contributed by atoms with Crippen LogP contribution in [0.3, 0.4) is 0 Å². The summed E-state index contributed by atoms with van der Waals surface area (Å²) in [5.74, 6) is -0.341. The smallest absolute Gasteiger partial charge is 0.141 e. The van der Waals surface area contributed by atoms with Crippen LogP contribution >= 0.6 is 11.3 Å². The van der Waals surface area contributed by atoms with E-state index in [4.69, 9.17) is 5.73 Å². The van der Waals surface area contributed by atoms with Crippen molar-refractivity contribution in [3.05, 3.63) is 34.0 Å². The number of nitrogens with two attached hydrogens (primary N) is 1. The van der Waals surface area contributed by atoms with E-state index in [9.17, 15) is 4.39 Å². The van der Waals surface area contributed by atoms with Gasteiger partial charge >= 0.3 is 0 Å². The first kappa shape index (κ1) is 12.1. The average molecular weight is 251 g/mol. The van der Waals surface area contributed by atoms with Crippen LogP contribution in [-0.2, 0) is 0 Å². The largest absolute Gasteiger partial charge is 0.322 e. The maximum Gasteiger partial charge on any atom is 0.141 e. The number of thiazole rings is 1. The van der Waals surface area contributed by atoms with Crippen LogP contribution in [0.15, 0.2) is 18.3 Å². The van der Waals surface area contributed by atoms with Crippen LogP contribution in [0.25, 0.3) is 11.4 Å². The average Bonchev–Trinajstić information content (AvgIpc) is 2.71. The number of nitrogens with zero attached hydrogens (tertiary/aromatic N) is 2. The van der Waals surface area contributed by atoms with Gasteiger partial charge in [0, 0.05) is 4.88 Å². The monoisotopic (exact) mass is 251 g/mol. The lowest BCUT2D eigenvalue weighted by molar-refractivity contribution is 0.621. The summed E-state index contributed by atoms with van der Waals surface area (Å²) in [7, 11) is 0. The molecule has 0 amide bonds. The van der Waals surface area contributed by atoms with E-state index in [0.29, 0.717) is 5.69 Å². The van der Waals surface area contributed by atoms with Crippen molar-refractivity contribution in [2.45, 2.75) is 26.3 Å². The zero-order valence-corrected chi connectivity index (χ0v) is 10.6. The van der Waals surface area contributed by atoms with Crippen molar-refractivity contribution in [3.8, 4) is 11.4 Å². The Morgan fingerprint density at radius 3 is 2.82 bits per heavy atom. The lowest BCUT2D eigenvalue weighted by atomic mass is 10.2. The molecule has 2 aromatic heterocycles. The van der Waals surface area contributed by atoms with Crippen molar-refractivity contribution in [1.29, 1.82) is 0 Å². The van der Waals surface area contributed by atoms with Crippen molar-refractivity contribution < 1.29 is 4.39 Å². The summed E-state index contributed by atoms with van der Waals surface area (Å²) in [6, 6.07) is 2.99. The Kier molecular flexibility index (Phi) is 3.49. The van der Waals surface area contributed by atoms with Crippen LogP contribution in [0.1, 0.15) is 29.3 Å². The van der Waals surface area contributed by atoms with Crippen molar-refractivity contribution in [2.24, 2.45) is 5.73 Å². The molecule has 1 unspecified atom stereocenters. The highest BCUT2D eigenvalue weighted by Gasteiger charge is 2.14. The molecule has 0 fully saturated rings. The molecule has 0 saturated heterocycles. The molecule has 0 aliphatic carbocycles. The fraction of sp³-hybridized carbons (Fsp3) is 0.333. The summed E-state index contributed by atoms with van der Waals surface area (Å²) in [6.07, 6.45) is 2.05. The van der Waals surface area contributed by atoms with Crippen molar-refractivity contribution in [1.82, 2.24) is 9.97 Å². The van der Waals surface area contributed by atoms with E-state index < -0.39 is 0 Å². The number of aromatic nitrogens is 2. The second-order valence-corrected chi connectivity index (χ2v) is 5.07. The first-order chi connectivity index (χ1) is 8.11. The molecule has 17 heavy (non-hydrogen) atoms. The number of rotatable bonds is 3. The Bertz CT molecular complexity index is 507. The van der Waals surface area contributed by atoms with E-state index in [0.717, 1.165) is 22.0 Å². The summed E-state index contributed by atoms with van der Waals surface area (Å²) in [5, 5.41) is 0.908. The number of aryl methyl sites for hydroxylation is 1. The zero-order chi connectivity index (χ0) is 12.4. The second-order valence-electron chi connectivity index (χ2n) is 3.83. The van der Waals surface area contributed by atoms with Crippen LogP contribution in [-0.4, -0.2) is 9.97 Å². The number of halogens is 1. The van der Waals surface area contributed by atoms with E-state index in [1.54, 1.807) is 17.4 Å². The lowest BCUT2D eigenvalue weighted by Crippen LogP contribution is -2.07. The van der Waals surface area contributed by atoms with Gasteiger partial charge < -0.3 is 5.73 Å². The molecule has 3 nitrogen and oxygen atoms in total. The Morgan fingerprint density at radius 2 is 2.24 bits per heavy atom. The van der Waals surface area contributed by atoms with Crippen molar-refractivity contribution in [2.75, 3.05) is 0 Å². The fourth-order valence-electron chi connectivity index (χ4n) is 1.50. The molecule has 5 heteroatoms. The first-order valence-corrected chi connectivity index (χ1v) is 6.28. The normalized spacial score (nSPS) is 12.7. The Balaban J connectivity index is 2.39. The maximum absolute atomic E-state index is 12.8. The summed E-state index contributed by atoms with van der Waals surface area (Å²) in [6.45, 7) is 4.00. The van der Waals surface area contributed by atoms with Gasteiger partial charge in [-0.1, -0.05) is 6.92 Å². The molecular weight excluding hydrogens is 237 g/mol. The van der Waals surface area contributed by atoms with Crippen molar-refractivity contribution >= 4 is 11.3 Å². The molecule has 2 heterocycles. The lowest BCUT2D eigenvalue weighted by Gasteiger charge is -2.02. The third kappa shape index (κ3) is 2.50. The van der Waals surface area contributed by atoms with Gasteiger partial charge in [0.05, 0.1) is 17.9 Å². The van der Waals surface area contributed by atoms with Gasteiger partial charge in [-0.15, -0.1) is 11.3 Å². The third-order valence-corrected chi connectivity index (χ3v) is 3.64. The minimum Gasteiger partial charge on any atom is -0.322 e. The maximum atomic E-state index is 12.8. The Hall–Kier alpha value is -1.33. The van der Waals surface area contributed by atoms with Crippen LogP contribution in [0.2, 0.25) is 0 Å². The van der Waals surface area contributed by atoms with Gasteiger partial charge in [0.1, 0.15) is 16.5 Å². The number of pyridine rings is 1. The van der Waals surface area contributed by atoms with Gasteiger partial charge in [0.25, 0.3) is 0 Å². The molecule has 0 aliphatic rings. The van der Waals surface area contributed by atoms with Crippen LogP contribution < -0.4 is 5.73 Å². The molecule has 90 valence electrons. The third-order valence-electron chi connectivity index (χ3n) is 2.54. The summed E-state index contributed by atoms with van der Waals surface area (Å²) >= 11 is 1.58. The zero-order valence-electron chi connectivity index (χ0n) is 9.77. The molecule has 0 saturated carbocycles. The minimum atomic E-state index is -0.341. The van der Waals surface area contributed by atoms with Crippen LogP contribution in [0, 0.1) is 12.7 Å². The molecule has 2 N–H and O–H groups in total. The first-order valence-electron chi connectivity index (χ1n) is 5.46. The molecule has 0 spiro atoms. The van der Waals surface area contributed by atoms with E-state index in [1.165, 1.54) is 12.3 Å². The predicted octanol–water partition coefficient (Wildman–Crippen LogP) is 3.06. The van der Waals surface area contributed by atoms with Gasteiger partial charge in [-0.3, -0.25) is 4.98 Å².